The summed E-state index contributed by atoms with van der Waals surface area (Å²) < 4.78 is 25.6. The Balaban J connectivity index is 2.13. The first-order valence-corrected chi connectivity index (χ1v) is 8.03. The molecule has 6 nitrogen and oxygen atoms in total. The number of benzene rings is 1. The van der Waals surface area contributed by atoms with Crippen LogP contribution in [-0.2, 0) is 10.0 Å². The molecule has 108 valence electrons. The Bertz CT molecular complexity index is 701. The molecular formula is C13H18N4O2S. The highest BCUT2D eigenvalue weighted by Crippen LogP contribution is 2.25. The van der Waals surface area contributed by atoms with Crippen LogP contribution in [0.1, 0.15) is 6.92 Å². The number of rotatable bonds is 6. The molecule has 0 radical (unpaired) electrons. The van der Waals surface area contributed by atoms with Gasteiger partial charge in [-0.25, -0.2) is 13.1 Å². The van der Waals surface area contributed by atoms with Crippen LogP contribution >= 0.6 is 0 Å². The normalized spacial score (nSPS) is 11.7. The summed E-state index contributed by atoms with van der Waals surface area (Å²) in [6, 6.07) is 7.30. The molecule has 0 atom stereocenters. The largest absolute Gasteiger partial charge is 0.398 e. The standard InChI is InChI=1S/C13H18N4O2S/c1-2-17-20(18,19)9-8-15-12-6-5-11(14)10-4-3-7-16-13(10)12/h3-7,15,17H,2,8-9,14H2,1H3. The maximum atomic E-state index is 11.6. The molecule has 0 saturated carbocycles. The van der Waals surface area contributed by atoms with Crippen molar-refractivity contribution in [2.45, 2.75) is 6.92 Å². The topological polar surface area (TPSA) is 97.1 Å². The minimum Gasteiger partial charge on any atom is -0.398 e. The third-order valence-corrected chi connectivity index (χ3v) is 4.32. The van der Waals surface area contributed by atoms with Crippen molar-refractivity contribution in [3.63, 3.8) is 0 Å². The lowest BCUT2D eigenvalue weighted by Crippen LogP contribution is -2.29. The number of pyridine rings is 1. The Labute approximate surface area is 118 Å². The zero-order valence-corrected chi connectivity index (χ0v) is 12.1. The van der Waals surface area contributed by atoms with Crippen LogP contribution < -0.4 is 15.8 Å². The summed E-state index contributed by atoms with van der Waals surface area (Å²) in [6.45, 7) is 2.46. The van der Waals surface area contributed by atoms with Crippen molar-refractivity contribution >= 4 is 32.3 Å². The van der Waals surface area contributed by atoms with Gasteiger partial charge in [-0.3, -0.25) is 4.98 Å². The summed E-state index contributed by atoms with van der Waals surface area (Å²) >= 11 is 0. The second-order valence-electron chi connectivity index (χ2n) is 4.35. The lowest BCUT2D eigenvalue weighted by atomic mass is 10.1. The van der Waals surface area contributed by atoms with Gasteiger partial charge in [-0.2, -0.15) is 0 Å². The molecule has 0 unspecified atom stereocenters. The zero-order valence-electron chi connectivity index (χ0n) is 11.3. The van der Waals surface area contributed by atoms with Gasteiger partial charge in [-0.05, 0) is 24.3 Å². The molecule has 0 bridgehead atoms. The van der Waals surface area contributed by atoms with Gasteiger partial charge in [0, 0.05) is 30.4 Å². The summed E-state index contributed by atoms with van der Waals surface area (Å²) in [5, 5.41) is 3.95. The fourth-order valence-corrected chi connectivity index (χ4v) is 2.90. The molecule has 4 N–H and O–H groups in total. The van der Waals surface area contributed by atoms with Gasteiger partial charge in [0.15, 0.2) is 0 Å². The average molecular weight is 294 g/mol. The van der Waals surface area contributed by atoms with Gasteiger partial charge in [-0.1, -0.05) is 6.92 Å². The van der Waals surface area contributed by atoms with Gasteiger partial charge in [0.2, 0.25) is 10.0 Å². The summed E-state index contributed by atoms with van der Waals surface area (Å²) in [6.07, 6.45) is 1.68. The first-order chi connectivity index (χ1) is 9.53. The molecule has 0 spiro atoms. The third-order valence-electron chi connectivity index (χ3n) is 2.85. The molecule has 0 fully saturated rings. The maximum absolute atomic E-state index is 11.6. The number of sulfonamides is 1. The zero-order chi connectivity index (χ0) is 14.6. The number of nitrogens with one attached hydrogen (secondary N) is 2. The molecule has 1 heterocycles. The average Bonchev–Trinajstić information content (AvgIpc) is 2.41. The number of hydrogen-bond acceptors (Lipinski definition) is 5. The number of anilines is 2. The van der Waals surface area contributed by atoms with E-state index in [1.165, 1.54) is 0 Å². The van der Waals surface area contributed by atoms with Crippen molar-refractivity contribution in [1.29, 1.82) is 0 Å². The molecule has 1 aromatic heterocycles. The first kappa shape index (κ1) is 14.5. The molecule has 0 aliphatic carbocycles. The summed E-state index contributed by atoms with van der Waals surface area (Å²) in [7, 11) is -3.22. The van der Waals surface area contributed by atoms with Gasteiger partial charge in [-0.15, -0.1) is 0 Å². The number of fused-ring (bicyclic) bond motifs is 1. The molecular weight excluding hydrogens is 276 g/mol. The van der Waals surface area contributed by atoms with E-state index in [0.717, 1.165) is 16.6 Å². The Morgan fingerprint density at radius 2 is 2.10 bits per heavy atom. The third kappa shape index (κ3) is 3.37. The fraction of sp³-hybridized carbons (Fsp3) is 0.308. The monoisotopic (exact) mass is 294 g/mol. The minimum absolute atomic E-state index is 0.0134. The van der Waals surface area contributed by atoms with E-state index in [0.29, 0.717) is 18.8 Å². The number of aromatic nitrogens is 1. The molecule has 2 rings (SSSR count). The van der Waals surface area contributed by atoms with Crippen molar-refractivity contribution in [3.8, 4) is 0 Å². The predicted octanol–water partition coefficient (Wildman–Crippen LogP) is 1.17. The van der Waals surface area contributed by atoms with Gasteiger partial charge in [0.25, 0.3) is 0 Å². The van der Waals surface area contributed by atoms with E-state index in [1.807, 2.05) is 18.2 Å². The van der Waals surface area contributed by atoms with E-state index in [1.54, 1.807) is 19.2 Å². The highest BCUT2D eigenvalue weighted by Gasteiger charge is 2.09. The van der Waals surface area contributed by atoms with Crippen molar-refractivity contribution in [2.75, 3.05) is 29.9 Å². The van der Waals surface area contributed by atoms with E-state index in [-0.39, 0.29) is 5.75 Å². The summed E-state index contributed by atoms with van der Waals surface area (Å²) in [5.74, 6) is 0.0134. The second-order valence-corrected chi connectivity index (χ2v) is 6.27. The van der Waals surface area contributed by atoms with Gasteiger partial charge in [0.1, 0.15) is 0 Å². The Kier molecular flexibility index (Phi) is 4.41. The van der Waals surface area contributed by atoms with Crippen molar-refractivity contribution in [2.24, 2.45) is 0 Å². The van der Waals surface area contributed by atoms with E-state index >= 15 is 0 Å². The van der Waals surface area contributed by atoms with E-state index in [2.05, 4.69) is 15.0 Å². The number of nitrogens with zero attached hydrogens (tertiary/aromatic N) is 1. The second kappa shape index (κ2) is 6.06. The van der Waals surface area contributed by atoms with Crippen LogP contribution in [-0.4, -0.2) is 32.2 Å². The quantitative estimate of drug-likeness (QED) is 0.695. The molecule has 7 heteroatoms. The maximum Gasteiger partial charge on any atom is 0.213 e. The lowest BCUT2D eigenvalue weighted by molar-refractivity contribution is 0.584. The first-order valence-electron chi connectivity index (χ1n) is 6.38. The van der Waals surface area contributed by atoms with Gasteiger partial charge < -0.3 is 11.1 Å². The molecule has 20 heavy (non-hydrogen) atoms. The Morgan fingerprint density at radius 3 is 2.85 bits per heavy atom. The molecule has 0 saturated heterocycles. The van der Waals surface area contributed by atoms with Gasteiger partial charge >= 0.3 is 0 Å². The predicted molar refractivity (Wildman–Crippen MR) is 82.1 cm³/mol. The Morgan fingerprint density at radius 1 is 1.30 bits per heavy atom. The van der Waals surface area contributed by atoms with Crippen LogP contribution in [0.2, 0.25) is 0 Å². The van der Waals surface area contributed by atoms with Crippen molar-refractivity contribution in [3.05, 3.63) is 30.5 Å². The van der Waals surface area contributed by atoms with Gasteiger partial charge in [0.05, 0.1) is 17.0 Å². The van der Waals surface area contributed by atoms with E-state index in [9.17, 15) is 8.42 Å². The van der Waals surface area contributed by atoms with Crippen molar-refractivity contribution < 1.29 is 8.42 Å². The van der Waals surface area contributed by atoms with Crippen LogP contribution in [0, 0.1) is 0 Å². The minimum atomic E-state index is -3.22. The number of nitrogens with two attached hydrogens (primary N) is 1. The molecule has 1 aromatic carbocycles. The summed E-state index contributed by atoms with van der Waals surface area (Å²) in [5.41, 5.74) is 8.06. The van der Waals surface area contributed by atoms with E-state index in [4.69, 9.17) is 5.73 Å². The highest BCUT2D eigenvalue weighted by atomic mass is 32.2. The van der Waals surface area contributed by atoms with E-state index < -0.39 is 10.0 Å². The van der Waals surface area contributed by atoms with Crippen LogP contribution in [0.25, 0.3) is 10.9 Å². The number of nitrogen functional groups attached to an aromatic ring is 1. The lowest BCUT2D eigenvalue weighted by Gasteiger charge is -2.11. The molecule has 0 aliphatic rings. The number of hydrogen-bond donors (Lipinski definition) is 3. The molecule has 0 aliphatic heterocycles. The smallest absolute Gasteiger partial charge is 0.213 e. The molecule has 0 amide bonds. The Hall–Kier alpha value is -1.86. The van der Waals surface area contributed by atoms with Crippen LogP contribution in [0.3, 0.4) is 0 Å². The molecule has 2 aromatic rings. The SMILES string of the molecule is CCNS(=O)(=O)CCNc1ccc(N)c2cccnc12. The highest BCUT2D eigenvalue weighted by molar-refractivity contribution is 7.89. The van der Waals surface area contributed by atoms with Crippen molar-refractivity contribution in [1.82, 2.24) is 9.71 Å². The fourth-order valence-electron chi connectivity index (χ4n) is 1.95. The summed E-state index contributed by atoms with van der Waals surface area (Å²) in [4.78, 5) is 4.29. The van der Waals surface area contributed by atoms with Crippen LogP contribution in [0.15, 0.2) is 30.5 Å². The van der Waals surface area contributed by atoms with Crippen LogP contribution in [0.5, 0.6) is 0 Å². The van der Waals surface area contributed by atoms with Crippen LogP contribution in [0.4, 0.5) is 11.4 Å².